The summed E-state index contributed by atoms with van der Waals surface area (Å²) in [6, 6.07) is 9.69. The third kappa shape index (κ3) is 3.40. The van der Waals surface area contributed by atoms with Crippen molar-refractivity contribution in [3.8, 4) is 0 Å². The Labute approximate surface area is 172 Å². The quantitative estimate of drug-likeness (QED) is 0.722. The van der Waals surface area contributed by atoms with Gasteiger partial charge in [0.15, 0.2) is 17.4 Å². The van der Waals surface area contributed by atoms with Crippen molar-refractivity contribution >= 4 is 11.7 Å². The number of amides is 1. The number of rotatable bonds is 3. The molecule has 1 aliphatic carbocycles. The smallest absolute Gasteiger partial charge is 0.251 e. The number of aryl methyl sites for hydroxylation is 3. The number of halogens is 2. The average Bonchev–Trinajstić information content (AvgIpc) is 2.98. The van der Waals surface area contributed by atoms with Crippen LogP contribution in [0.3, 0.4) is 0 Å². The topological polar surface area (TPSA) is 64.0 Å². The van der Waals surface area contributed by atoms with Gasteiger partial charge in [-0.05, 0) is 43.7 Å². The molecule has 154 valence electrons. The Morgan fingerprint density at radius 3 is 2.60 bits per heavy atom. The molecule has 0 fully saturated rings. The molecule has 0 spiro atoms. The first-order valence-corrected chi connectivity index (χ1v) is 9.64. The number of hydrogen-bond donors (Lipinski definition) is 1. The Kier molecular flexibility index (Phi) is 4.97. The summed E-state index contributed by atoms with van der Waals surface area (Å²) in [5.41, 5.74) is 3.92. The lowest BCUT2D eigenvalue weighted by molar-refractivity contribution is -0.121. The van der Waals surface area contributed by atoms with Crippen molar-refractivity contribution < 1.29 is 18.4 Å². The lowest BCUT2D eigenvalue weighted by atomic mass is 9.76. The van der Waals surface area contributed by atoms with E-state index in [1.165, 1.54) is 6.07 Å². The predicted octanol–water partition coefficient (Wildman–Crippen LogP) is 3.37. The van der Waals surface area contributed by atoms with Gasteiger partial charge in [0, 0.05) is 29.8 Å². The van der Waals surface area contributed by atoms with Crippen molar-refractivity contribution in [3.63, 3.8) is 0 Å². The summed E-state index contributed by atoms with van der Waals surface area (Å²) >= 11 is 0. The van der Waals surface area contributed by atoms with Gasteiger partial charge in [-0.25, -0.2) is 8.78 Å². The zero-order valence-corrected chi connectivity index (χ0v) is 16.9. The second kappa shape index (κ2) is 7.48. The summed E-state index contributed by atoms with van der Waals surface area (Å²) in [4.78, 5) is 26.0. The second-order valence-corrected chi connectivity index (χ2v) is 7.68. The molecule has 7 heteroatoms. The van der Waals surface area contributed by atoms with Crippen LogP contribution in [0.4, 0.5) is 8.78 Å². The van der Waals surface area contributed by atoms with E-state index >= 15 is 0 Å². The van der Waals surface area contributed by atoms with Crippen LogP contribution in [0.2, 0.25) is 0 Å². The zero-order chi connectivity index (χ0) is 21.6. The molecule has 1 aromatic heterocycles. The van der Waals surface area contributed by atoms with Gasteiger partial charge in [-0.3, -0.25) is 14.3 Å². The molecule has 3 aromatic rings. The SMILES string of the molecule is Cc1cccc(C(=O)N[C@@H]2C(=O)Cc3c(c(C)nn3C)[C@H]2c2ccc(F)c(F)c2)c1. The number of ketones is 1. The fourth-order valence-electron chi connectivity index (χ4n) is 4.20. The Morgan fingerprint density at radius 2 is 1.90 bits per heavy atom. The van der Waals surface area contributed by atoms with Crippen LogP contribution >= 0.6 is 0 Å². The first-order valence-electron chi connectivity index (χ1n) is 9.64. The van der Waals surface area contributed by atoms with Crippen LogP contribution in [0, 0.1) is 25.5 Å². The van der Waals surface area contributed by atoms with Crippen LogP contribution < -0.4 is 5.32 Å². The summed E-state index contributed by atoms with van der Waals surface area (Å²) in [6.45, 7) is 3.68. The molecular formula is C23H21F2N3O2. The second-order valence-electron chi connectivity index (χ2n) is 7.68. The molecule has 0 aliphatic heterocycles. The molecule has 0 saturated carbocycles. The summed E-state index contributed by atoms with van der Waals surface area (Å²) in [5, 5.41) is 7.24. The van der Waals surface area contributed by atoms with E-state index in [9.17, 15) is 18.4 Å². The van der Waals surface area contributed by atoms with Crippen molar-refractivity contribution in [1.29, 1.82) is 0 Å². The third-order valence-corrected chi connectivity index (χ3v) is 5.59. The monoisotopic (exact) mass is 409 g/mol. The molecule has 2 atom stereocenters. The molecule has 1 amide bonds. The molecule has 1 N–H and O–H groups in total. The largest absolute Gasteiger partial charge is 0.341 e. The molecular weight excluding hydrogens is 388 g/mol. The van der Waals surface area contributed by atoms with Crippen LogP contribution in [0.25, 0.3) is 0 Å². The van der Waals surface area contributed by atoms with Crippen molar-refractivity contribution in [1.82, 2.24) is 15.1 Å². The van der Waals surface area contributed by atoms with Gasteiger partial charge < -0.3 is 5.32 Å². The number of nitrogens with one attached hydrogen (secondary N) is 1. The van der Waals surface area contributed by atoms with Crippen molar-refractivity contribution in [2.45, 2.75) is 32.2 Å². The summed E-state index contributed by atoms with van der Waals surface area (Å²) in [7, 11) is 1.74. The third-order valence-electron chi connectivity index (χ3n) is 5.59. The molecule has 30 heavy (non-hydrogen) atoms. The van der Waals surface area contributed by atoms with Crippen LogP contribution in [-0.4, -0.2) is 27.5 Å². The van der Waals surface area contributed by atoms with Gasteiger partial charge in [0.25, 0.3) is 5.91 Å². The lowest BCUT2D eigenvalue weighted by Crippen LogP contribution is -2.48. The molecule has 2 aromatic carbocycles. The molecule has 0 radical (unpaired) electrons. The van der Waals surface area contributed by atoms with Gasteiger partial charge in [-0.2, -0.15) is 5.10 Å². The van der Waals surface area contributed by atoms with Crippen LogP contribution in [0.15, 0.2) is 42.5 Å². The number of carbonyl (C=O) groups is 2. The maximum Gasteiger partial charge on any atom is 0.251 e. The van der Waals surface area contributed by atoms with Gasteiger partial charge in [-0.15, -0.1) is 0 Å². The number of hydrogen-bond acceptors (Lipinski definition) is 3. The molecule has 0 unspecified atom stereocenters. The number of aromatic nitrogens is 2. The Balaban J connectivity index is 1.80. The van der Waals surface area contributed by atoms with E-state index in [1.54, 1.807) is 36.9 Å². The average molecular weight is 409 g/mol. The highest BCUT2D eigenvalue weighted by Gasteiger charge is 2.41. The highest BCUT2D eigenvalue weighted by Crippen LogP contribution is 2.38. The molecule has 0 bridgehead atoms. The van der Waals surface area contributed by atoms with Crippen LogP contribution in [0.1, 0.15) is 44.4 Å². The Hall–Kier alpha value is -3.35. The Morgan fingerprint density at radius 1 is 1.13 bits per heavy atom. The van der Waals surface area contributed by atoms with E-state index in [2.05, 4.69) is 10.4 Å². The number of nitrogens with zero attached hydrogens (tertiary/aromatic N) is 2. The molecule has 1 aliphatic rings. The van der Waals surface area contributed by atoms with Gasteiger partial charge in [0.2, 0.25) is 0 Å². The number of benzene rings is 2. The Bertz CT molecular complexity index is 1170. The van der Waals surface area contributed by atoms with E-state index in [-0.39, 0.29) is 12.2 Å². The van der Waals surface area contributed by atoms with Gasteiger partial charge in [-0.1, -0.05) is 23.8 Å². The van der Waals surface area contributed by atoms with Gasteiger partial charge in [0.1, 0.15) is 0 Å². The van der Waals surface area contributed by atoms with E-state index in [0.717, 1.165) is 23.3 Å². The minimum atomic E-state index is -1.00. The van der Waals surface area contributed by atoms with Gasteiger partial charge in [0.05, 0.1) is 18.2 Å². The highest BCUT2D eigenvalue weighted by molar-refractivity contribution is 5.99. The predicted molar refractivity (Wildman–Crippen MR) is 107 cm³/mol. The van der Waals surface area contributed by atoms with E-state index < -0.39 is 29.5 Å². The highest BCUT2D eigenvalue weighted by atomic mass is 19.2. The molecule has 5 nitrogen and oxygen atoms in total. The summed E-state index contributed by atoms with van der Waals surface area (Å²) in [6.07, 6.45) is 0.103. The number of Topliss-reactive ketones (excluding diaryl/α,β-unsaturated/α-hetero) is 1. The maximum atomic E-state index is 14.0. The summed E-state index contributed by atoms with van der Waals surface area (Å²) in [5.74, 6) is -3.24. The van der Waals surface area contributed by atoms with Crippen molar-refractivity contribution in [2.75, 3.05) is 0 Å². The van der Waals surface area contributed by atoms with E-state index in [1.807, 2.05) is 13.0 Å². The van der Waals surface area contributed by atoms with Crippen molar-refractivity contribution in [2.24, 2.45) is 7.05 Å². The first kappa shape index (κ1) is 19.9. The van der Waals surface area contributed by atoms with Crippen LogP contribution in [0.5, 0.6) is 0 Å². The fourth-order valence-corrected chi connectivity index (χ4v) is 4.20. The number of carbonyl (C=O) groups excluding carboxylic acids is 2. The van der Waals surface area contributed by atoms with E-state index in [4.69, 9.17) is 0 Å². The molecule has 4 rings (SSSR count). The van der Waals surface area contributed by atoms with Crippen LogP contribution in [-0.2, 0) is 18.3 Å². The molecule has 0 saturated heterocycles. The minimum absolute atomic E-state index is 0.103. The van der Waals surface area contributed by atoms with Crippen molar-refractivity contribution in [3.05, 3.63) is 87.7 Å². The summed E-state index contributed by atoms with van der Waals surface area (Å²) < 4.78 is 29.2. The van der Waals surface area contributed by atoms with Gasteiger partial charge >= 0.3 is 0 Å². The minimum Gasteiger partial charge on any atom is -0.341 e. The first-order chi connectivity index (χ1) is 14.3. The number of fused-ring (bicyclic) bond motifs is 1. The molecule has 1 heterocycles. The fraction of sp³-hybridized carbons (Fsp3) is 0.261. The van der Waals surface area contributed by atoms with E-state index in [0.29, 0.717) is 22.5 Å². The standard InChI is InChI=1S/C23H21F2N3O2/c1-12-5-4-6-15(9-12)23(30)26-22-19(29)11-18-20(13(2)27-28(18)3)21(22)14-7-8-16(24)17(25)10-14/h4-10,21-22H,11H2,1-3H3,(H,26,30)/t21-,22-/m1/s1. The zero-order valence-electron chi connectivity index (χ0n) is 16.9. The normalized spacial score (nSPS) is 18.2. The maximum absolute atomic E-state index is 14.0. The lowest BCUT2D eigenvalue weighted by Gasteiger charge is -2.32.